The summed E-state index contributed by atoms with van der Waals surface area (Å²) in [7, 11) is 0.0675. The van der Waals surface area contributed by atoms with Gasteiger partial charge in [-0.3, -0.25) is 4.21 Å². The molecule has 0 saturated heterocycles. The zero-order valence-corrected chi connectivity index (χ0v) is 18.8. The molecule has 0 saturated carbocycles. The Hall–Kier alpha value is 0.149. The van der Waals surface area contributed by atoms with Crippen LogP contribution in [-0.2, 0) is 32.8 Å². The summed E-state index contributed by atoms with van der Waals surface area (Å²) in [4.78, 5) is 0. The van der Waals surface area contributed by atoms with Crippen LogP contribution in [0.4, 0.5) is 0 Å². The second kappa shape index (κ2) is 31.9. The molecule has 0 N–H and O–H groups in total. The van der Waals surface area contributed by atoms with Gasteiger partial charge in [-0.05, 0) is 25.5 Å². The molecule has 0 spiro atoms. The van der Waals surface area contributed by atoms with E-state index >= 15 is 0 Å². The van der Waals surface area contributed by atoms with Crippen LogP contribution in [0.15, 0.2) is 6.07 Å². The molecule has 0 aliphatic carbocycles. The predicted octanol–water partition coefficient (Wildman–Crippen LogP) is 4.66. The molecule has 150 valence electrons. The van der Waals surface area contributed by atoms with Gasteiger partial charge in [-0.15, -0.1) is 0 Å². The molecule has 0 bridgehead atoms. The van der Waals surface area contributed by atoms with Crippen molar-refractivity contribution in [2.24, 2.45) is 0 Å². The zero-order chi connectivity index (χ0) is 19.1. The molecular weight excluding hydrogens is 395 g/mol. The van der Waals surface area contributed by atoms with E-state index in [2.05, 4.69) is 51.7 Å². The van der Waals surface area contributed by atoms with E-state index in [-0.39, 0.29) is 25.0 Å². The molecule has 0 aliphatic rings. The Kier molecular flexibility index (Phi) is 41.8. The molecule has 3 nitrogen and oxygen atoms in total. The van der Waals surface area contributed by atoms with Crippen molar-refractivity contribution < 1.29 is 30.5 Å². The minimum atomic E-state index is -1.86. The van der Waals surface area contributed by atoms with Crippen molar-refractivity contribution in [3.05, 3.63) is 37.0 Å². The van der Waals surface area contributed by atoms with Gasteiger partial charge in [0.1, 0.15) is 0 Å². The summed E-state index contributed by atoms with van der Waals surface area (Å²) in [6.07, 6.45) is 14.5. The third-order valence-corrected chi connectivity index (χ3v) is 6.18. The average molecular weight is 427 g/mol. The standard InChI is InChI=1S/C12H27P.C5H.CH4O2S.CO.Fe/c1-4-7-10-13(11-8-5-2)12-9-6-3;1-2-4-5-3-1;1-4(2)3;1-2;/h4-12H2,1-3H3;1H;1H3,(H,2,3);;/q;-5;;;. The summed E-state index contributed by atoms with van der Waals surface area (Å²) in [6.45, 7) is 11.5. The molecule has 0 aromatic heterocycles. The van der Waals surface area contributed by atoms with Crippen molar-refractivity contribution in [1.82, 2.24) is 0 Å². The van der Waals surface area contributed by atoms with Gasteiger partial charge < -0.3 is 34.9 Å². The SMILES string of the molecule is CCCC[PH+](CCCC)CCCC.CS(=O)[O-].[C-]#[O+].[Fe].[c-]1[c-][c-][cH-][c-]1. The van der Waals surface area contributed by atoms with Gasteiger partial charge in [0.05, 0.1) is 18.5 Å². The van der Waals surface area contributed by atoms with Gasteiger partial charge >= 0.3 is 11.3 Å². The first-order chi connectivity index (χ1) is 11.6. The third kappa shape index (κ3) is 40.3. The zero-order valence-electron chi connectivity index (χ0n) is 15.9. The fourth-order valence-electron chi connectivity index (χ4n) is 1.84. The normalized spacial score (nSPS) is 9.92. The molecule has 0 fully saturated rings. The third-order valence-electron chi connectivity index (χ3n) is 3.00. The molecular formula is C19H32FeO3PS-5. The fraction of sp³-hybridized carbons (Fsp3) is 0.684. The van der Waals surface area contributed by atoms with Crippen molar-refractivity contribution in [3.63, 3.8) is 0 Å². The summed E-state index contributed by atoms with van der Waals surface area (Å²) in [6, 6.07) is 12.0. The van der Waals surface area contributed by atoms with E-state index in [1.54, 1.807) is 24.6 Å². The van der Waals surface area contributed by atoms with Crippen molar-refractivity contribution in [2.75, 3.05) is 24.7 Å². The minimum Gasteiger partial charge on any atom is -0.999 e. The van der Waals surface area contributed by atoms with Crippen LogP contribution in [0.3, 0.4) is 0 Å². The van der Waals surface area contributed by atoms with E-state index in [0.29, 0.717) is 0 Å². The van der Waals surface area contributed by atoms with Crippen LogP contribution in [0.1, 0.15) is 59.3 Å². The number of hydrogen-bond donors (Lipinski definition) is 0. The molecule has 0 amide bonds. The topological polar surface area (TPSA) is 60.0 Å². The van der Waals surface area contributed by atoms with Crippen molar-refractivity contribution in [3.8, 4) is 0 Å². The van der Waals surface area contributed by atoms with Crippen LogP contribution < -0.4 is 0 Å². The maximum atomic E-state index is 9.00. The van der Waals surface area contributed by atoms with Crippen LogP contribution in [-0.4, -0.2) is 33.5 Å². The quantitative estimate of drug-likeness (QED) is 0.189. The van der Waals surface area contributed by atoms with Crippen LogP contribution in [0.5, 0.6) is 0 Å². The summed E-state index contributed by atoms with van der Waals surface area (Å²) >= 11 is -1.86. The largest absolute Gasteiger partial charge is 0.999 e. The summed E-state index contributed by atoms with van der Waals surface area (Å²) in [5, 5.41) is 0. The van der Waals surface area contributed by atoms with Gasteiger partial charge in [-0.25, -0.2) is 0 Å². The minimum absolute atomic E-state index is 0. The maximum Gasteiger partial charge on any atom is 0 e. The van der Waals surface area contributed by atoms with Crippen molar-refractivity contribution >= 4 is 19.0 Å². The second-order valence-corrected chi connectivity index (χ2v) is 8.95. The first-order valence-electron chi connectivity index (χ1n) is 8.46. The first kappa shape index (κ1) is 32.8. The van der Waals surface area contributed by atoms with E-state index in [4.69, 9.17) is 13.4 Å². The summed E-state index contributed by atoms with van der Waals surface area (Å²) in [5.41, 5.74) is 0. The Balaban J connectivity index is -0.000000151. The van der Waals surface area contributed by atoms with Gasteiger partial charge in [-0.1, -0.05) is 51.1 Å². The Labute approximate surface area is 170 Å². The Morgan fingerprint density at radius 2 is 1.24 bits per heavy atom. The molecule has 1 atom stereocenters. The molecule has 0 radical (unpaired) electrons. The van der Waals surface area contributed by atoms with E-state index in [0.717, 1.165) is 6.26 Å². The number of rotatable bonds is 9. The van der Waals surface area contributed by atoms with Crippen LogP contribution in [0, 0.1) is 30.9 Å². The molecule has 1 rings (SSSR count). The first-order valence-corrected chi connectivity index (χ1v) is 12.1. The van der Waals surface area contributed by atoms with Crippen molar-refractivity contribution in [2.45, 2.75) is 59.3 Å². The fourth-order valence-corrected chi connectivity index (χ4v) is 5.15. The second-order valence-electron chi connectivity index (χ2n) is 5.15. The van der Waals surface area contributed by atoms with Crippen LogP contribution in [0.25, 0.3) is 0 Å². The van der Waals surface area contributed by atoms with E-state index in [1.165, 1.54) is 38.5 Å². The van der Waals surface area contributed by atoms with Gasteiger partial charge in [0.15, 0.2) is 0 Å². The molecule has 1 aromatic carbocycles. The predicted molar refractivity (Wildman–Crippen MR) is 104 cm³/mol. The van der Waals surface area contributed by atoms with E-state index in [1.807, 2.05) is 0 Å². The smallest absolute Gasteiger partial charge is 0 e. The van der Waals surface area contributed by atoms with E-state index in [9.17, 15) is 0 Å². The Morgan fingerprint density at radius 3 is 1.40 bits per heavy atom. The van der Waals surface area contributed by atoms with Crippen molar-refractivity contribution in [1.29, 1.82) is 0 Å². The van der Waals surface area contributed by atoms with Gasteiger partial charge in [0.25, 0.3) is 0 Å². The maximum absolute atomic E-state index is 9.00. The average Bonchev–Trinajstić information content (AvgIpc) is 3.15. The summed E-state index contributed by atoms with van der Waals surface area (Å²) in [5.74, 6) is 0. The molecule has 1 unspecified atom stereocenters. The molecule has 0 heterocycles. The molecule has 25 heavy (non-hydrogen) atoms. The Morgan fingerprint density at radius 1 is 0.960 bits per heavy atom. The van der Waals surface area contributed by atoms with E-state index < -0.39 is 11.1 Å². The Bertz CT molecular complexity index is 305. The monoisotopic (exact) mass is 427 g/mol. The van der Waals surface area contributed by atoms with Gasteiger partial charge in [-0.2, -0.15) is 0 Å². The molecule has 0 aliphatic heterocycles. The van der Waals surface area contributed by atoms with Gasteiger partial charge in [0.2, 0.25) is 0 Å². The van der Waals surface area contributed by atoms with Crippen LogP contribution >= 0.6 is 7.92 Å². The molecule has 1 aromatic rings. The van der Waals surface area contributed by atoms with Crippen LogP contribution in [0.2, 0.25) is 0 Å². The number of hydrogen-bond acceptors (Lipinski definition) is 2. The van der Waals surface area contributed by atoms with Gasteiger partial charge in [0, 0.05) is 25.0 Å². The number of unbranched alkanes of at least 4 members (excludes halogenated alkanes) is 3. The molecule has 6 heteroatoms. The summed E-state index contributed by atoms with van der Waals surface area (Å²) < 4.78 is 25.5.